The highest BCUT2D eigenvalue weighted by Gasteiger charge is 2.20. The molecule has 0 saturated carbocycles. The van der Waals surface area contributed by atoms with Crippen LogP contribution < -0.4 is 0 Å². The van der Waals surface area contributed by atoms with Crippen molar-refractivity contribution < 1.29 is 0 Å². The van der Waals surface area contributed by atoms with Crippen LogP contribution in [0.3, 0.4) is 0 Å². The van der Waals surface area contributed by atoms with Crippen LogP contribution in [0.15, 0.2) is 176 Å². The van der Waals surface area contributed by atoms with Gasteiger partial charge >= 0.3 is 0 Å². The molecule has 11 rings (SSSR count). The molecule has 0 spiro atoms. The first-order valence-electron chi connectivity index (χ1n) is 17.4. The van der Waals surface area contributed by atoms with Crippen molar-refractivity contribution >= 4 is 59.8 Å². The molecule has 0 amide bonds. The molecule has 3 aromatic heterocycles. The molecule has 0 saturated heterocycles. The van der Waals surface area contributed by atoms with Crippen molar-refractivity contribution in [2.24, 2.45) is 0 Å². The zero-order valence-electron chi connectivity index (χ0n) is 27.6. The summed E-state index contributed by atoms with van der Waals surface area (Å²) in [6, 6.07) is 63.1. The fourth-order valence-corrected chi connectivity index (χ4v) is 8.14. The average Bonchev–Trinajstić information content (AvgIpc) is 3.73. The topological polar surface area (TPSA) is 30.2 Å². The van der Waals surface area contributed by atoms with Gasteiger partial charge in [-0.2, -0.15) is 0 Å². The second kappa shape index (κ2) is 10.8. The molecule has 0 N–H and O–H groups in total. The van der Waals surface area contributed by atoms with Crippen LogP contribution in [-0.2, 0) is 0 Å². The lowest BCUT2D eigenvalue weighted by Gasteiger charge is -2.12. The minimum atomic E-state index is 0.730. The molecule has 8 aromatic carbocycles. The number of hydrogen-bond donors (Lipinski definition) is 0. The van der Waals surface area contributed by atoms with Gasteiger partial charge in [-0.15, -0.1) is 0 Å². The van der Waals surface area contributed by atoms with E-state index in [1.807, 2.05) is 18.2 Å². The van der Waals surface area contributed by atoms with Gasteiger partial charge in [0.2, 0.25) is 0 Å². The molecule has 3 heteroatoms. The summed E-state index contributed by atoms with van der Waals surface area (Å²) in [7, 11) is 0. The third-order valence-electron chi connectivity index (χ3n) is 10.5. The highest BCUT2D eigenvalue weighted by molar-refractivity contribution is 6.24. The molecule has 236 valence electrons. The summed E-state index contributed by atoms with van der Waals surface area (Å²) in [5, 5.41) is 8.45. The smallest absolute Gasteiger partial charge is 0.160 e. The van der Waals surface area contributed by atoms with Gasteiger partial charge in [0.1, 0.15) is 0 Å². The lowest BCUT2D eigenvalue weighted by atomic mass is 9.97. The Hall–Kier alpha value is -6.84. The number of benzene rings is 8. The van der Waals surface area contributed by atoms with Crippen LogP contribution in [0, 0.1) is 0 Å². The maximum absolute atomic E-state index is 5.33. The van der Waals surface area contributed by atoms with E-state index in [-0.39, 0.29) is 0 Å². The zero-order chi connectivity index (χ0) is 33.5. The summed E-state index contributed by atoms with van der Waals surface area (Å²) in [5.41, 5.74) is 12.5. The lowest BCUT2D eigenvalue weighted by Crippen LogP contribution is -1.96. The number of rotatable bonds is 4. The summed E-state index contributed by atoms with van der Waals surface area (Å²) >= 11 is 0. The van der Waals surface area contributed by atoms with E-state index in [1.165, 1.54) is 65.7 Å². The van der Waals surface area contributed by atoms with Crippen molar-refractivity contribution in [2.45, 2.75) is 0 Å². The van der Waals surface area contributed by atoms with Gasteiger partial charge in [0.05, 0.1) is 27.8 Å². The first-order chi connectivity index (χ1) is 25.3. The molecular weight excluding hydrogens is 619 g/mol. The monoisotopic (exact) mass is 647 g/mol. The van der Waals surface area contributed by atoms with E-state index in [4.69, 9.17) is 9.97 Å². The van der Waals surface area contributed by atoms with Gasteiger partial charge < -0.3 is 4.40 Å². The second-order valence-corrected chi connectivity index (χ2v) is 13.4. The van der Waals surface area contributed by atoms with Gasteiger partial charge in [0.15, 0.2) is 5.82 Å². The Kier molecular flexibility index (Phi) is 5.96. The molecule has 0 aliphatic heterocycles. The summed E-state index contributed by atoms with van der Waals surface area (Å²) in [4.78, 5) is 10.4. The van der Waals surface area contributed by atoms with Crippen LogP contribution in [0.5, 0.6) is 0 Å². The Morgan fingerprint density at radius 2 is 0.922 bits per heavy atom. The van der Waals surface area contributed by atoms with Gasteiger partial charge in [-0.25, -0.2) is 9.97 Å². The average molecular weight is 648 g/mol. The maximum Gasteiger partial charge on any atom is 0.160 e. The lowest BCUT2D eigenvalue weighted by molar-refractivity contribution is 1.23. The molecule has 0 radical (unpaired) electrons. The van der Waals surface area contributed by atoms with Gasteiger partial charge in [-0.1, -0.05) is 152 Å². The van der Waals surface area contributed by atoms with Crippen molar-refractivity contribution in [1.29, 1.82) is 0 Å². The summed E-state index contributed by atoms with van der Waals surface area (Å²) in [6.45, 7) is 0. The molecule has 51 heavy (non-hydrogen) atoms. The van der Waals surface area contributed by atoms with E-state index in [0.717, 1.165) is 38.9 Å². The first-order valence-corrected chi connectivity index (χ1v) is 17.4. The molecule has 0 fully saturated rings. The first kappa shape index (κ1) is 28.0. The minimum absolute atomic E-state index is 0.730. The van der Waals surface area contributed by atoms with Crippen LogP contribution in [-0.4, -0.2) is 14.4 Å². The van der Waals surface area contributed by atoms with Crippen molar-refractivity contribution in [3.8, 4) is 44.9 Å². The molecule has 3 nitrogen and oxygen atoms in total. The van der Waals surface area contributed by atoms with E-state index >= 15 is 0 Å². The molecule has 0 aliphatic carbocycles. The van der Waals surface area contributed by atoms with Gasteiger partial charge in [-0.3, -0.25) is 0 Å². The van der Waals surface area contributed by atoms with E-state index in [1.54, 1.807) is 0 Å². The molecule has 3 heterocycles. The van der Waals surface area contributed by atoms with Gasteiger partial charge in [-0.05, 0) is 57.3 Å². The quantitative estimate of drug-likeness (QED) is 0.178. The summed E-state index contributed by atoms with van der Waals surface area (Å²) in [5.74, 6) is 0.730. The maximum atomic E-state index is 5.33. The predicted octanol–water partition coefficient (Wildman–Crippen LogP) is 12.6. The van der Waals surface area contributed by atoms with E-state index in [2.05, 4.69) is 162 Å². The minimum Gasteiger partial charge on any atom is -0.308 e. The third-order valence-corrected chi connectivity index (χ3v) is 10.5. The van der Waals surface area contributed by atoms with Crippen LogP contribution in [0.2, 0.25) is 0 Å². The summed E-state index contributed by atoms with van der Waals surface area (Å²) < 4.78 is 2.48. The molecular formula is C48H29N3. The van der Waals surface area contributed by atoms with Crippen molar-refractivity contribution in [2.75, 3.05) is 0 Å². The largest absolute Gasteiger partial charge is 0.308 e. The molecule has 0 bridgehead atoms. The number of nitrogens with zero attached hydrogens (tertiary/aromatic N) is 3. The number of hydrogen-bond acceptors (Lipinski definition) is 2. The molecule has 11 aromatic rings. The Morgan fingerprint density at radius 3 is 1.69 bits per heavy atom. The van der Waals surface area contributed by atoms with Crippen molar-refractivity contribution in [3.63, 3.8) is 0 Å². The Bertz CT molecular complexity index is 3120. The van der Waals surface area contributed by atoms with Crippen LogP contribution in [0.4, 0.5) is 0 Å². The molecule has 0 aliphatic rings. The van der Waals surface area contributed by atoms with Crippen molar-refractivity contribution in [1.82, 2.24) is 14.4 Å². The van der Waals surface area contributed by atoms with Crippen LogP contribution >= 0.6 is 0 Å². The highest BCUT2D eigenvalue weighted by atomic mass is 14.9. The fraction of sp³-hybridized carbons (Fsp3) is 0. The van der Waals surface area contributed by atoms with Crippen LogP contribution in [0.1, 0.15) is 0 Å². The summed E-state index contributed by atoms with van der Waals surface area (Å²) in [6.07, 6.45) is 0. The van der Waals surface area contributed by atoms with E-state index in [9.17, 15) is 0 Å². The van der Waals surface area contributed by atoms with E-state index < -0.39 is 0 Å². The second-order valence-electron chi connectivity index (χ2n) is 13.4. The van der Waals surface area contributed by atoms with Crippen molar-refractivity contribution in [3.05, 3.63) is 176 Å². The van der Waals surface area contributed by atoms with Gasteiger partial charge in [0, 0.05) is 38.1 Å². The Labute approximate surface area is 294 Å². The number of aromatic nitrogens is 3. The normalized spacial score (nSPS) is 11.9. The molecule has 0 unspecified atom stereocenters. The highest BCUT2D eigenvalue weighted by Crippen LogP contribution is 2.42. The predicted molar refractivity (Wildman–Crippen MR) is 213 cm³/mol. The zero-order valence-corrected chi connectivity index (χ0v) is 27.6. The van der Waals surface area contributed by atoms with Gasteiger partial charge in [0.25, 0.3) is 0 Å². The SMILES string of the molecule is c1ccc(-c2cccc(-c3ccc4c5cccc6c7ccc(-c8nc(-c9ccccc9)nc9ccc%10ccccc%10c89)cc7n(c4c3)c56)c2)cc1. The fourth-order valence-electron chi connectivity index (χ4n) is 8.14. The molecule has 0 atom stereocenters. The number of fused-ring (bicyclic) bond motifs is 9. The van der Waals surface area contributed by atoms with E-state index in [0.29, 0.717) is 0 Å². The Balaban J connectivity index is 1.18. The number of para-hydroxylation sites is 1. The standard InChI is InChI=1S/C48H29N3/c1-3-11-30(12-4-1)33-16-9-17-34(27-33)35-21-24-38-40-19-10-20-41-39-25-22-36(29-44(39)51(47(40)41)43(38)28-35)46-45-37-18-8-7-13-31(37)23-26-42(45)49-48(50-46)32-14-5-2-6-15-32/h1-29H. The third kappa shape index (κ3) is 4.25. The van der Waals surface area contributed by atoms with Crippen LogP contribution in [0.25, 0.3) is 105 Å². The Morgan fingerprint density at radius 1 is 0.353 bits per heavy atom.